The fourth-order valence-electron chi connectivity index (χ4n) is 3.11. The Labute approximate surface area is 180 Å². The fraction of sp³-hybridized carbons (Fsp3) is 0.0370. The van der Waals surface area contributed by atoms with Gasteiger partial charge in [0.1, 0.15) is 11.5 Å². The predicted molar refractivity (Wildman–Crippen MR) is 119 cm³/mol. The van der Waals surface area contributed by atoms with Crippen molar-refractivity contribution in [2.24, 2.45) is 0 Å². The maximum atomic E-state index is 12.4. The van der Waals surface area contributed by atoms with Crippen LogP contribution in [0.4, 0.5) is 0 Å². The van der Waals surface area contributed by atoms with Crippen LogP contribution < -0.4 is 9.47 Å². The third kappa shape index (κ3) is 5.25. The Morgan fingerprint density at radius 3 is 1.71 bits per heavy atom. The van der Waals surface area contributed by atoms with Crippen molar-refractivity contribution in [2.75, 3.05) is 6.61 Å². The topological polar surface area (TPSA) is 52.6 Å². The first-order valence-electron chi connectivity index (χ1n) is 9.88. The molecule has 0 amide bonds. The van der Waals surface area contributed by atoms with Gasteiger partial charge in [0, 0.05) is 11.1 Å². The maximum absolute atomic E-state index is 12.4. The van der Waals surface area contributed by atoms with Crippen molar-refractivity contribution in [3.05, 3.63) is 120 Å². The average Bonchev–Trinajstić information content (AvgIpc) is 2.84. The summed E-state index contributed by atoms with van der Waals surface area (Å²) in [6, 6.07) is 33.0. The highest BCUT2D eigenvalue weighted by atomic mass is 16.6. The second-order valence-electron chi connectivity index (χ2n) is 6.87. The number of benzene rings is 4. The van der Waals surface area contributed by atoms with Crippen LogP contribution >= 0.6 is 0 Å². The molecular formula is C27H20O4. The van der Waals surface area contributed by atoms with E-state index in [9.17, 15) is 9.59 Å². The molecule has 0 N–H and O–H groups in total. The van der Waals surface area contributed by atoms with Crippen LogP contribution in [0.1, 0.15) is 15.9 Å². The minimum absolute atomic E-state index is 0.0643. The first kappa shape index (κ1) is 20.1. The van der Waals surface area contributed by atoms with E-state index in [1.807, 2.05) is 60.7 Å². The summed E-state index contributed by atoms with van der Waals surface area (Å²) < 4.78 is 10.8. The molecule has 0 aliphatic rings. The van der Waals surface area contributed by atoms with Gasteiger partial charge >= 0.3 is 5.97 Å². The first-order chi connectivity index (χ1) is 15.2. The highest BCUT2D eigenvalue weighted by Gasteiger charge is 2.10. The second kappa shape index (κ2) is 9.55. The van der Waals surface area contributed by atoms with Gasteiger partial charge in [-0.25, -0.2) is 4.79 Å². The summed E-state index contributed by atoms with van der Waals surface area (Å²) in [7, 11) is 0. The molecule has 0 unspecified atom stereocenters. The number of carbonyl (C=O) groups is 2. The van der Waals surface area contributed by atoms with Crippen LogP contribution in [-0.4, -0.2) is 18.4 Å². The van der Waals surface area contributed by atoms with Gasteiger partial charge < -0.3 is 9.47 Å². The van der Waals surface area contributed by atoms with E-state index in [0.29, 0.717) is 22.6 Å². The zero-order chi connectivity index (χ0) is 21.5. The van der Waals surface area contributed by atoms with E-state index >= 15 is 0 Å². The van der Waals surface area contributed by atoms with Gasteiger partial charge in [0.15, 0.2) is 12.4 Å². The minimum Gasteiger partial charge on any atom is -0.482 e. The number of carbonyl (C=O) groups excluding carboxylic acids is 2. The van der Waals surface area contributed by atoms with E-state index in [1.165, 1.54) is 0 Å². The summed E-state index contributed by atoms with van der Waals surface area (Å²) in [4.78, 5) is 24.5. The van der Waals surface area contributed by atoms with Crippen LogP contribution in [-0.2, 0) is 4.79 Å². The highest BCUT2D eigenvalue weighted by Crippen LogP contribution is 2.22. The molecule has 0 saturated heterocycles. The van der Waals surface area contributed by atoms with Crippen molar-refractivity contribution in [3.63, 3.8) is 0 Å². The molecule has 152 valence electrons. The third-order valence-corrected chi connectivity index (χ3v) is 4.70. The van der Waals surface area contributed by atoms with Crippen molar-refractivity contribution in [2.45, 2.75) is 0 Å². The molecule has 31 heavy (non-hydrogen) atoms. The average molecular weight is 408 g/mol. The Bertz CT molecular complexity index is 1150. The van der Waals surface area contributed by atoms with Gasteiger partial charge in [0.05, 0.1) is 0 Å². The van der Waals surface area contributed by atoms with E-state index < -0.39 is 5.97 Å². The molecule has 0 radical (unpaired) electrons. The lowest BCUT2D eigenvalue weighted by molar-refractivity contribution is -0.136. The molecular weight excluding hydrogens is 388 g/mol. The van der Waals surface area contributed by atoms with E-state index in [1.54, 1.807) is 48.5 Å². The summed E-state index contributed by atoms with van der Waals surface area (Å²) in [5.74, 6) is 0.375. The van der Waals surface area contributed by atoms with Gasteiger partial charge in [-0.05, 0) is 47.5 Å². The van der Waals surface area contributed by atoms with Crippen molar-refractivity contribution >= 4 is 11.8 Å². The lowest BCUT2D eigenvalue weighted by atomic mass is 10.0. The molecule has 4 aromatic carbocycles. The highest BCUT2D eigenvalue weighted by molar-refractivity contribution is 6.08. The summed E-state index contributed by atoms with van der Waals surface area (Å²) in [5.41, 5.74) is 3.32. The molecule has 0 aliphatic heterocycles. The summed E-state index contributed by atoms with van der Waals surface area (Å²) in [5, 5.41) is 0. The quantitative estimate of drug-likeness (QED) is 0.228. The molecule has 4 heteroatoms. The van der Waals surface area contributed by atoms with Crippen molar-refractivity contribution in [3.8, 4) is 22.6 Å². The predicted octanol–water partition coefficient (Wildman–Crippen LogP) is 5.57. The minimum atomic E-state index is -0.503. The van der Waals surface area contributed by atoms with Crippen LogP contribution in [0, 0.1) is 0 Å². The van der Waals surface area contributed by atoms with Crippen LogP contribution in [0.3, 0.4) is 0 Å². The third-order valence-electron chi connectivity index (χ3n) is 4.70. The van der Waals surface area contributed by atoms with E-state index in [0.717, 1.165) is 11.1 Å². The normalized spacial score (nSPS) is 10.3. The molecule has 4 nitrogen and oxygen atoms in total. The lowest BCUT2D eigenvalue weighted by Crippen LogP contribution is -2.17. The number of ketones is 1. The van der Waals surface area contributed by atoms with Crippen LogP contribution in [0.2, 0.25) is 0 Å². The molecule has 0 aliphatic carbocycles. The summed E-state index contributed by atoms with van der Waals surface area (Å²) >= 11 is 0. The zero-order valence-electron chi connectivity index (χ0n) is 16.7. The largest absolute Gasteiger partial charge is 0.482 e. The molecule has 0 heterocycles. The zero-order valence-corrected chi connectivity index (χ0v) is 16.7. The number of rotatable bonds is 7. The monoisotopic (exact) mass is 408 g/mol. The van der Waals surface area contributed by atoms with E-state index in [-0.39, 0.29) is 12.4 Å². The number of esters is 1. The first-order valence-corrected chi connectivity index (χ1v) is 9.88. The Balaban J connectivity index is 1.30. The Hall–Kier alpha value is -4.18. The molecule has 0 atom stereocenters. The van der Waals surface area contributed by atoms with E-state index in [4.69, 9.17) is 9.47 Å². The smallest absolute Gasteiger partial charge is 0.349 e. The lowest BCUT2D eigenvalue weighted by Gasteiger charge is -2.08. The van der Waals surface area contributed by atoms with Crippen molar-refractivity contribution in [1.29, 1.82) is 0 Å². The van der Waals surface area contributed by atoms with Gasteiger partial charge in [-0.1, -0.05) is 72.8 Å². The molecule has 4 aromatic rings. The van der Waals surface area contributed by atoms with Crippen LogP contribution in [0.15, 0.2) is 109 Å². The van der Waals surface area contributed by atoms with Crippen molar-refractivity contribution < 1.29 is 19.1 Å². The molecule has 0 bridgehead atoms. The molecule has 0 saturated carbocycles. The van der Waals surface area contributed by atoms with Crippen LogP contribution in [0.25, 0.3) is 11.1 Å². The Morgan fingerprint density at radius 1 is 0.548 bits per heavy atom. The van der Waals surface area contributed by atoms with Gasteiger partial charge in [-0.3, -0.25) is 4.79 Å². The summed E-state index contributed by atoms with van der Waals surface area (Å²) in [6.07, 6.45) is 0. The van der Waals surface area contributed by atoms with Gasteiger partial charge in [0.25, 0.3) is 0 Å². The van der Waals surface area contributed by atoms with Gasteiger partial charge in [-0.2, -0.15) is 0 Å². The van der Waals surface area contributed by atoms with E-state index in [2.05, 4.69) is 0 Å². The molecule has 0 fully saturated rings. The SMILES string of the molecule is O=C(COc1ccc(C(=O)c2ccccc2)cc1)Oc1ccc(-c2ccccc2)cc1. The molecule has 0 spiro atoms. The maximum Gasteiger partial charge on any atom is 0.349 e. The van der Waals surface area contributed by atoms with Crippen molar-refractivity contribution in [1.82, 2.24) is 0 Å². The van der Waals surface area contributed by atoms with Gasteiger partial charge in [-0.15, -0.1) is 0 Å². The summed E-state index contributed by atoms with van der Waals surface area (Å²) in [6.45, 7) is -0.230. The number of hydrogen-bond donors (Lipinski definition) is 0. The number of ether oxygens (including phenoxy) is 2. The van der Waals surface area contributed by atoms with Crippen LogP contribution in [0.5, 0.6) is 11.5 Å². The van der Waals surface area contributed by atoms with Gasteiger partial charge in [0.2, 0.25) is 0 Å². The molecule has 4 rings (SSSR count). The standard InChI is InChI=1S/C27H20O4/c28-26(31-25-17-11-21(12-18-25)20-7-3-1-4-8-20)19-30-24-15-13-23(14-16-24)27(29)22-9-5-2-6-10-22/h1-18H,19H2. The second-order valence-corrected chi connectivity index (χ2v) is 6.87. The number of hydrogen-bond acceptors (Lipinski definition) is 4. The molecule has 0 aromatic heterocycles. The fourth-order valence-corrected chi connectivity index (χ4v) is 3.11. The Kier molecular flexibility index (Phi) is 6.19. The Morgan fingerprint density at radius 2 is 1.06 bits per heavy atom.